The van der Waals surface area contributed by atoms with E-state index in [-0.39, 0.29) is 24.9 Å². The number of piperazine rings is 1. The monoisotopic (exact) mass is 436 g/mol. The van der Waals surface area contributed by atoms with Gasteiger partial charge in [-0.3, -0.25) is 9.69 Å². The second kappa shape index (κ2) is 12.0. The maximum Gasteiger partial charge on any atom is 0.294 e. The highest BCUT2D eigenvalue weighted by molar-refractivity contribution is 5.76. The number of benzene rings is 1. The second-order valence-electron chi connectivity index (χ2n) is 8.71. The number of ether oxygens (including phenoxy) is 1. The van der Waals surface area contributed by atoms with Crippen molar-refractivity contribution in [3.63, 3.8) is 0 Å². The Balaban J connectivity index is 1.89. The van der Waals surface area contributed by atoms with E-state index in [2.05, 4.69) is 42.6 Å². The van der Waals surface area contributed by atoms with Crippen LogP contribution in [-0.2, 0) is 20.8 Å². The van der Waals surface area contributed by atoms with Gasteiger partial charge in [-0.1, -0.05) is 51.1 Å². The highest BCUT2D eigenvalue weighted by atomic mass is 16.9. The maximum atomic E-state index is 12.2. The SMILES string of the molecule is CC(C)COC(N)(Cc1ccccc1)C(C)CN1CCN(C(=O)CCO[N+](=O)[O-])CC1. The van der Waals surface area contributed by atoms with Crippen LogP contribution >= 0.6 is 0 Å². The summed E-state index contributed by atoms with van der Waals surface area (Å²) in [5, 5.41) is 9.34. The maximum absolute atomic E-state index is 12.2. The number of rotatable bonds is 12. The fourth-order valence-corrected chi connectivity index (χ4v) is 3.69. The number of carbonyl (C=O) groups excluding carboxylic acids is 1. The average Bonchev–Trinajstić information content (AvgIpc) is 2.73. The Morgan fingerprint density at radius 3 is 2.42 bits per heavy atom. The Labute approximate surface area is 184 Å². The third-order valence-electron chi connectivity index (χ3n) is 5.61. The fourth-order valence-electron chi connectivity index (χ4n) is 3.69. The molecule has 0 aromatic heterocycles. The van der Waals surface area contributed by atoms with Crippen molar-refractivity contribution in [2.24, 2.45) is 17.6 Å². The lowest BCUT2D eigenvalue weighted by molar-refractivity contribution is -0.757. The Hall–Kier alpha value is -2.23. The van der Waals surface area contributed by atoms with E-state index >= 15 is 0 Å². The third-order valence-corrected chi connectivity index (χ3v) is 5.61. The van der Waals surface area contributed by atoms with Crippen LogP contribution in [0.2, 0.25) is 0 Å². The standard InChI is InChI=1S/C22H36N4O5/c1-18(2)17-30-22(23,15-20-7-5-4-6-8-20)19(3)16-24-10-12-25(13-11-24)21(27)9-14-31-26(28)29/h4-8,18-19H,9-17,23H2,1-3H3. The Morgan fingerprint density at radius 2 is 1.84 bits per heavy atom. The molecule has 0 bridgehead atoms. The molecule has 1 saturated heterocycles. The molecule has 2 atom stereocenters. The zero-order valence-electron chi connectivity index (χ0n) is 18.9. The van der Waals surface area contributed by atoms with Gasteiger partial charge in [0.15, 0.2) is 0 Å². The number of carbonyl (C=O) groups is 1. The second-order valence-corrected chi connectivity index (χ2v) is 8.71. The van der Waals surface area contributed by atoms with Crippen molar-refractivity contribution in [2.45, 2.75) is 39.3 Å². The largest absolute Gasteiger partial charge is 0.360 e. The van der Waals surface area contributed by atoms with E-state index in [9.17, 15) is 14.9 Å². The summed E-state index contributed by atoms with van der Waals surface area (Å²) >= 11 is 0. The highest BCUT2D eigenvalue weighted by Crippen LogP contribution is 2.24. The van der Waals surface area contributed by atoms with Gasteiger partial charge in [-0.25, -0.2) is 0 Å². The van der Waals surface area contributed by atoms with Crippen LogP contribution in [-0.4, -0.2) is 72.5 Å². The molecule has 1 aliphatic rings. The molecule has 2 unspecified atom stereocenters. The molecule has 2 N–H and O–H groups in total. The molecule has 0 aliphatic carbocycles. The van der Waals surface area contributed by atoms with Gasteiger partial charge in [-0.05, 0) is 11.5 Å². The van der Waals surface area contributed by atoms with E-state index in [1.54, 1.807) is 4.90 Å². The predicted molar refractivity (Wildman–Crippen MR) is 118 cm³/mol. The van der Waals surface area contributed by atoms with Gasteiger partial charge in [-0.2, -0.15) is 0 Å². The molecule has 1 amide bonds. The topological polar surface area (TPSA) is 111 Å². The first-order valence-electron chi connectivity index (χ1n) is 10.9. The van der Waals surface area contributed by atoms with Crippen LogP contribution in [0.4, 0.5) is 0 Å². The minimum absolute atomic E-state index is 0.0173. The Morgan fingerprint density at radius 1 is 1.19 bits per heavy atom. The van der Waals surface area contributed by atoms with Crippen molar-refractivity contribution in [2.75, 3.05) is 45.9 Å². The molecule has 1 heterocycles. The summed E-state index contributed by atoms with van der Waals surface area (Å²) in [5.74, 6) is 0.356. The summed E-state index contributed by atoms with van der Waals surface area (Å²) in [5.41, 5.74) is 7.18. The zero-order valence-corrected chi connectivity index (χ0v) is 18.9. The molecule has 2 rings (SSSR count). The van der Waals surface area contributed by atoms with Crippen LogP contribution in [0.5, 0.6) is 0 Å². The van der Waals surface area contributed by atoms with E-state index in [4.69, 9.17) is 10.5 Å². The summed E-state index contributed by atoms with van der Waals surface area (Å²) in [7, 11) is 0. The van der Waals surface area contributed by atoms with Gasteiger partial charge < -0.3 is 20.2 Å². The molecule has 0 saturated carbocycles. The van der Waals surface area contributed by atoms with Crippen molar-refractivity contribution in [3.05, 3.63) is 46.0 Å². The first kappa shape index (κ1) is 25.0. The van der Waals surface area contributed by atoms with Gasteiger partial charge in [-0.15, -0.1) is 10.1 Å². The molecular weight excluding hydrogens is 400 g/mol. The normalized spacial score (nSPS) is 17.9. The van der Waals surface area contributed by atoms with Gasteiger partial charge in [0.2, 0.25) is 5.91 Å². The van der Waals surface area contributed by atoms with Crippen LogP contribution in [0.25, 0.3) is 0 Å². The molecule has 1 aromatic carbocycles. The molecule has 1 aromatic rings. The molecule has 1 fully saturated rings. The molecule has 9 nitrogen and oxygen atoms in total. The summed E-state index contributed by atoms with van der Waals surface area (Å²) in [6, 6.07) is 10.1. The zero-order chi connectivity index (χ0) is 22.9. The van der Waals surface area contributed by atoms with Gasteiger partial charge in [0.1, 0.15) is 12.3 Å². The summed E-state index contributed by atoms with van der Waals surface area (Å²) < 4.78 is 6.24. The summed E-state index contributed by atoms with van der Waals surface area (Å²) in [6.45, 7) is 10.2. The molecule has 0 radical (unpaired) electrons. The lowest BCUT2D eigenvalue weighted by Crippen LogP contribution is -2.57. The van der Waals surface area contributed by atoms with Crippen LogP contribution < -0.4 is 5.73 Å². The number of hydrogen-bond donors (Lipinski definition) is 1. The van der Waals surface area contributed by atoms with Crippen LogP contribution in [0.15, 0.2) is 30.3 Å². The van der Waals surface area contributed by atoms with Crippen molar-refractivity contribution < 1.29 is 19.5 Å². The molecule has 1 aliphatic heterocycles. The highest BCUT2D eigenvalue weighted by Gasteiger charge is 2.35. The Kier molecular flexibility index (Phi) is 9.67. The lowest BCUT2D eigenvalue weighted by Gasteiger charge is -2.41. The molecule has 9 heteroatoms. The lowest BCUT2D eigenvalue weighted by atomic mass is 9.90. The number of nitrogens with zero attached hydrogens (tertiary/aromatic N) is 3. The fraction of sp³-hybridized carbons (Fsp3) is 0.682. The van der Waals surface area contributed by atoms with Crippen molar-refractivity contribution in [1.29, 1.82) is 0 Å². The Bertz CT molecular complexity index is 694. The number of hydrogen-bond acceptors (Lipinski definition) is 7. The van der Waals surface area contributed by atoms with Gasteiger partial charge >= 0.3 is 0 Å². The van der Waals surface area contributed by atoms with Gasteiger partial charge in [0.05, 0.1) is 13.0 Å². The van der Waals surface area contributed by atoms with E-state index in [0.29, 0.717) is 32.0 Å². The first-order valence-corrected chi connectivity index (χ1v) is 10.9. The van der Waals surface area contributed by atoms with Gasteiger partial charge in [0, 0.05) is 45.1 Å². The number of nitrogens with two attached hydrogens (primary N) is 1. The van der Waals surface area contributed by atoms with Crippen molar-refractivity contribution in [3.8, 4) is 0 Å². The van der Waals surface area contributed by atoms with E-state index in [1.165, 1.54) is 0 Å². The summed E-state index contributed by atoms with van der Waals surface area (Å²) in [4.78, 5) is 30.7. The van der Waals surface area contributed by atoms with Crippen molar-refractivity contribution in [1.82, 2.24) is 9.80 Å². The third kappa shape index (κ3) is 8.43. The molecule has 174 valence electrons. The van der Waals surface area contributed by atoms with Crippen LogP contribution in [0, 0.1) is 22.0 Å². The number of amides is 1. The first-order chi connectivity index (χ1) is 14.7. The summed E-state index contributed by atoms with van der Waals surface area (Å²) in [6.07, 6.45) is 0.653. The quantitative estimate of drug-likeness (QED) is 0.303. The van der Waals surface area contributed by atoms with E-state index < -0.39 is 10.8 Å². The molecular formula is C22H36N4O5. The minimum Gasteiger partial charge on any atom is -0.360 e. The van der Waals surface area contributed by atoms with Crippen LogP contribution in [0.3, 0.4) is 0 Å². The van der Waals surface area contributed by atoms with Crippen LogP contribution in [0.1, 0.15) is 32.8 Å². The smallest absolute Gasteiger partial charge is 0.294 e. The van der Waals surface area contributed by atoms with E-state index in [1.807, 2.05) is 18.2 Å². The van der Waals surface area contributed by atoms with Crippen molar-refractivity contribution >= 4 is 5.91 Å². The predicted octanol–water partition coefficient (Wildman–Crippen LogP) is 1.94. The molecule has 0 spiro atoms. The molecule has 31 heavy (non-hydrogen) atoms. The van der Waals surface area contributed by atoms with E-state index in [0.717, 1.165) is 25.2 Å². The minimum atomic E-state index is -0.873. The average molecular weight is 437 g/mol. The van der Waals surface area contributed by atoms with Gasteiger partial charge in [0.25, 0.3) is 5.09 Å².